The predicted molar refractivity (Wildman–Crippen MR) is 113 cm³/mol. The molecule has 2 aliphatic rings. The van der Waals surface area contributed by atoms with Gasteiger partial charge < -0.3 is 33.5 Å². The minimum Gasteiger partial charge on any atom is -0.489 e. The summed E-state index contributed by atoms with van der Waals surface area (Å²) >= 11 is 0. The van der Waals surface area contributed by atoms with E-state index in [1.54, 1.807) is 38.1 Å². The number of ether oxygens (including phenoxy) is 6. The average molecular weight is 444 g/mol. The molecule has 4 rings (SSSR count). The number of hydrogen-bond donors (Lipinski definition) is 1. The third kappa shape index (κ3) is 5.11. The lowest BCUT2D eigenvalue weighted by Gasteiger charge is -2.39. The zero-order valence-electron chi connectivity index (χ0n) is 18.3. The van der Waals surface area contributed by atoms with Crippen molar-refractivity contribution in [2.45, 2.75) is 56.9 Å². The van der Waals surface area contributed by atoms with E-state index in [0.29, 0.717) is 17.9 Å². The van der Waals surface area contributed by atoms with Crippen LogP contribution in [0, 0.1) is 0 Å². The van der Waals surface area contributed by atoms with E-state index in [2.05, 4.69) is 0 Å². The van der Waals surface area contributed by atoms with Gasteiger partial charge in [-0.05, 0) is 43.7 Å². The highest BCUT2D eigenvalue weighted by Crippen LogP contribution is 2.38. The largest absolute Gasteiger partial charge is 0.489 e. The van der Waals surface area contributed by atoms with Gasteiger partial charge in [0.25, 0.3) is 0 Å². The molecule has 2 fully saturated rings. The van der Waals surface area contributed by atoms with Crippen LogP contribution in [0.2, 0.25) is 0 Å². The fourth-order valence-electron chi connectivity index (χ4n) is 3.91. The summed E-state index contributed by atoms with van der Waals surface area (Å²) in [6.45, 7) is 3.89. The molecule has 0 aliphatic carbocycles. The lowest BCUT2D eigenvalue weighted by Crippen LogP contribution is -2.58. The van der Waals surface area contributed by atoms with Crippen molar-refractivity contribution in [2.75, 3.05) is 13.7 Å². The molecule has 0 amide bonds. The Bertz CT molecular complexity index is 898. The van der Waals surface area contributed by atoms with Crippen LogP contribution in [0.1, 0.15) is 29.8 Å². The maximum Gasteiger partial charge on any atom is 0.338 e. The first-order valence-electron chi connectivity index (χ1n) is 10.5. The maximum absolute atomic E-state index is 12.5. The second-order valence-corrected chi connectivity index (χ2v) is 8.23. The number of hydrogen-bond acceptors (Lipinski definition) is 8. The highest BCUT2D eigenvalue weighted by Gasteiger charge is 2.55. The van der Waals surface area contributed by atoms with E-state index >= 15 is 0 Å². The molecule has 0 spiro atoms. The van der Waals surface area contributed by atoms with Crippen LogP contribution in [0.4, 0.5) is 0 Å². The van der Waals surface area contributed by atoms with E-state index in [1.807, 2.05) is 30.3 Å². The Morgan fingerprint density at radius 1 is 1.03 bits per heavy atom. The third-order valence-electron chi connectivity index (χ3n) is 5.44. The summed E-state index contributed by atoms with van der Waals surface area (Å²) in [5.74, 6) is -0.727. The topological polar surface area (TPSA) is 92.7 Å². The Kier molecular flexibility index (Phi) is 6.78. The Morgan fingerprint density at radius 2 is 1.72 bits per heavy atom. The number of carbonyl (C=O) groups is 1. The molecular weight excluding hydrogens is 416 g/mol. The van der Waals surface area contributed by atoms with Gasteiger partial charge in [-0.2, -0.15) is 0 Å². The molecule has 0 aromatic heterocycles. The van der Waals surface area contributed by atoms with E-state index in [9.17, 15) is 9.90 Å². The quantitative estimate of drug-likeness (QED) is 0.652. The average Bonchev–Trinajstić information content (AvgIpc) is 3.12. The molecule has 5 atom stereocenters. The van der Waals surface area contributed by atoms with Gasteiger partial charge in [0.05, 0.1) is 5.56 Å². The summed E-state index contributed by atoms with van der Waals surface area (Å²) in [7, 11) is 1.47. The molecule has 0 saturated carbocycles. The maximum atomic E-state index is 12.5. The molecular formula is C24H28O8. The van der Waals surface area contributed by atoms with Crippen LogP contribution in [0.15, 0.2) is 54.6 Å². The minimum absolute atomic E-state index is 0.0980. The monoisotopic (exact) mass is 444 g/mol. The Hall–Kier alpha value is -2.49. The van der Waals surface area contributed by atoms with Crippen LogP contribution in [-0.4, -0.2) is 61.3 Å². The van der Waals surface area contributed by atoms with Gasteiger partial charge in [0.15, 0.2) is 12.1 Å². The lowest BCUT2D eigenvalue weighted by molar-refractivity contribution is -0.270. The van der Waals surface area contributed by atoms with Crippen molar-refractivity contribution in [1.29, 1.82) is 0 Å². The van der Waals surface area contributed by atoms with Gasteiger partial charge in [0.1, 0.15) is 43.4 Å². The second-order valence-electron chi connectivity index (χ2n) is 8.23. The van der Waals surface area contributed by atoms with Gasteiger partial charge >= 0.3 is 5.97 Å². The summed E-state index contributed by atoms with van der Waals surface area (Å²) in [5.41, 5.74) is 1.43. The van der Waals surface area contributed by atoms with E-state index in [0.717, 1.165) is 5.56 Å². The molecule has 8 nitrogen and oxygen atoms in total. The van der Waals surface area contributed by atoms with Crippen LogP contribution in [0.3, 0.4) is 0 Å². The number of aliphatic hydroxyl groups excluding tert-OH is 1. The van der Waals surface area contributed by atoms with Crippen LogP contribution in [-0.2, 0) is 30.3 Å². The van der Waals surface area contributed by atoms with Crippen molar-refractivity contribution in [2.24, 2.45) is 0 Å². The van der Waals surface area contributed by atoms with E-state index in [1.165, 1.54) is 7.11 Å². The van der Waals surface area contributed by atoms with Crippen molar-refractivity contribution in [1.82, 2.24) is 0 Å². The van der Waals surface area contributed by atoms with Crippen molar-refractivity contribution in [3.63, 3.8) is 0 Å². The van der Waals surface area contributed by atoms with Crippen molar-refractivity contribution in [3.05, 3.63) is 65.7 Å². The summed E-state index contributed by atoms with van der Waals surface area (Å²) < 4.78 is 33.9. The summed E-state index contributed by atoms with van der Waals surface area (Å²) in [4.78, 5) is 12.5. The normalized spacial score (nSPS) is 28.7. The molecule has 0 bridgehead atoms. The van der Waals surface area contributed by atoms with Crippen LogP contribution < -0.4 is 4.74 Å². The number of methoxy groups -OCH3 is 1. The first-order valence-corrected chi connectivity index (χ1v) is 10.5. The van der Waals surface area contributed by atoms with Gasteiger partial charge in [-0.15, -0.1) is 0 Å². The smallest absolute Gasteiger partial charge is 0.338 e. The Morgan fingerprint density at radius 3 is 2.41 bits per heavy atom. The molecule has 2 heterocycles. The van der Waals surface area contributed by atoms with Crippen molar-refractivity contribution >= 4 is 5.97 Å². The molecule has 1 N–H and O–H groups in total. The molecule has 2 aromatic rings. The molecule has 0 unspecified atom stereocenters. The zero-order valence-corrected chi connectivity index (χ0v) is 18.3. The fourth-order valence-corrected chi connectivity index (χ4v) is 3.91. The Balaban J connectivity index is 1.33. The summed E-state index contributed by atoms with van der Waals surface area (Å²) in [6.07, 6.45) is -3.69. The Labute approximate surface area is 186 Å². The lowest BCUT2D eigenvalue weighted by atomic mass is 9.99. The van der Waals surface area contributed by atoms with Gasteiger partial charge in [0, 0.05) is 7.11 Å². The number of rotatable bonds is 7. The highest BCUT2D eigenvalue weighted by molar-refractivity contribution is 5.89. The molecule has 172 valence electrons. The van der Waals surface area contributed by atoms with E-state index in [-0.39, 0.29) is 6.61 Å². The number of esters is 1. The highest BCUT2D eigenvalue weighted by atomic mass is 16.8. The number of benzene rings is 2. The summed E-state index contributed by atoms with van der Waals surface area (Å²) in [6, 6.07) is 16.5. The van der Waals surface area contributed by atoms with E-state index in [4.69, 9.17) is 28.4 Å². The molecule has 0 radical (unpaired) electrons. The minimum atomic E-state index is -1.22. The molecule has 8 heteroatoms. The van der Waals surface area contributed by atoms with Gasteiger partial charge in [-0.1, -0.05) is 30.3 Å². The van der Waals surface area contributed by atoms with E-state index < -0.39 is 42.5 Å². The van der Waals surface area contributed by atoms with Crippen LogP contribution >= 0.6 is 0 Å². The SMILES string of the molecule is CO[C@@H]1[C@H]2OC(C)(C)O[C@H]2[C@@H](COC(=O)c2ccc(OCc3ccccc3)cc2)O[C@@H]1O. The number of carbonyl (C=O) groups excluding carboxylic acids is 1. The molecule has 2 saturated heterocycles. The predicted octanol–water partition coefficient (Wildman–Crippen LogP) is 2.67. The fraction of sp³-hybridized carbons (Fsp3) is 0.458. The first-order chi connectivity index (χ1) is 15.4. The second kappa shape index (κ2) is 9.56. The standard InChI is InChI=1S/C24H28O8/c1-24(2)31-19-18(30-23(26)21(27-3)20(19)32-24)14-29-22(25)16-9-11-17(12-10-16)28-13-15-7-5-4-6-8-15/h4-12,18-21,23,26H,13-14H2,1-3H3/t18-,19+,20+,21-,23+/m1/s1. The van der Waals surface area contributed by atoms with Crippen molar-refractivity contribution in [3.8, 4) is 5.75 Å². The van der Waals surface area contributed by atoms with Gasteiger partial charge in [0.2, 0.25) is 0 Å². The van der Waals surface area contributed by atoms with Crippen LogP contribution in [0.5, 0.6) is 5.75 Å². The summed E-state index contributed by atoms with van der Waals surface area (Å²) in [5, 5.41) is 10.3. The molecule has 2 aliphatic heterocycles. The molecule has 2 aromatic carbocycles. The number of fused-ring (bicyclic) bond motifs is 1. The first kappa shape index (κ1) is 22.7. The van der Waals surface area contributed by atoms with Crippen molar-refractivity contribution < 1.29 is 38.3 Å². The van der Waals surface area contributed by atoms with Gasteiger partial charge in [-0.25, -0.2) is 4.79 Å². The molecule has 32 heavy (non-hydrogen) atoms. The third-order valence-corrected chi connectivity index (χ3v) is 5.44. The zero-order chi connectivity index (χ0) is 22.7. The van der Waals surface area contributed by atoms with Crippen LogP contribution in [0.25, 0.3) is 0 Å². The van der Waals surface area contributed by atoms with Gasteiger partial charge in [-0.3, -0.25) is 0 Å². The number of aliphatic hydroxyl groups is 1.